The van der Waals surface area contributed by atoms with Crippen LogP contribution in [0, 0.1) is 5.82 Å². The minimum absolute atomic E-state index is 0.0658. The Kier molecular flexibility index (Phi) is 5.09. The van der Waals surface area contributed by atoms with E-state index in [2.05, 4.69) is 0 Å². The van der Waals surface area contributed by atoms with E-state index >= 15 is 0 Å². The maximum Gasteiger partial charge on any atom is 0.166 e. The number of carbonyl (C=O) groups excluding carboxylic acids is 1. The standard InChI is InChI=1S/C16H13FO2S2/c1-10(18)16(21-11(2)20)9-14-7-8-15(19-14)12-3-5-13(17)6-4-12/h3-9H,1-2H3/b16-9+. The van der Waals surface area contributed by atoms with E-state index in [0.29, 0.717) is 20.6 Å². The first-order valence-corrected chi connectivity index (χ1v) is 7.45. The first-order chi connectivity index (χ1) is 9.95. The number of thioether (sulfide) groups is 1. The maximum absolute atomic E-state index is 12.9. The highest BCUT2D eigenvalue weighted by molar-refractivity contribution is 8.26. The van der Waals surface area contributed by atoms with Crippen molar-refractivity contribution in [1.82, 2.24) is 0 Å². The van der Waals surface area contributed by atoms with Crippen molar-refractivity contribution in [2.75, 3.05) is 0 Å². The van der Waals surface area contributed by atoms with E-state index in [9.17, 15) is 9.18 Å². The molecule has 0 unspecified atom stereocenters. The van der Waals surface area contributed by atoms with Crippen molar-refractivity contribution < 1.29 is 13.6 Å². The summed E-state index contributed by atoms with van der Waals surface area (Å²) in [5.74, 6) is 0.817. The number of halogens is 1. The molecule has 0 saturated carbocycles. The van der Waals surface area contributed by atoms with Crippen molar-refractivity contribution in [3.05, 3.63) is 52.9 Å². The predicted octanol–water partition coefficient (Wildman–Crippen LogP) is 5.10. The molecule has 2 aromatic rings. The summed E-state index contributed by atoms with van der Waals surface area (Å²) in [7, 11) is 0. The van der Waals surface area contributed by atoms with Crippen molar-refractivity contribution in [2.24, 2.45) is 0 Å². The Bertz CT molecular complexity index is 699. The summed E-state index contributed by atoms with van der Waals surface area (Å²) in [6, 6.07) is 9.58. The van der Waals surface area contributed by atoms with Crippen LogP contribution in [0.5, 0.6) is 0 Å². The smallest absolute Gasteiger partial charge is 0.166 e. The molecule has 5 heteroatoms. The zero-order valence-corrected chi connectivity index (χ0v) is 13.2. The Hall–Kier alpha value is -1.72. The van der Waals surface area contributed by atoms with Crippen LogP contribution in [0.3, 0.4) is 0 Å². The number of thiocarbonyl (C=S) groups is 1. The third-order valence-electron chi connectivity index (χ3n) is 2.63. The molecule has 0 spiro atoms. The van der Waals surface area contributed by atoms with Crippen molar-refractivity contribution in [1.29, 1.82) is 0 Å². The fourth-order valence-corrected chi connectivity index (χ4v) is 2.58. The maximum atomic E-state index is 12.9. The monoisotopic (exact) mass is 320 g/mol. The summed E-state index contributed by atoms with van der Waals surface area (Å²) in [4.78, 5) is 12.1. The van der Waals surface area contributed by atoms with Gasteiger partial charge in [-0.05, 0) is 56.3 Å². The lowest BCUT2D eigenvalue weighted by molar-refractivity contribution is -0.112. The van der Waals surface area contributed by atoms with Gasteiger partial charge in [-0.1, -0.05) is 24.0 Å². The highest BCUT2D eigenvalue weighted by atomic mass is 32.2. The molecule has 0 bridgehead atoms. The fraction of sp³-hybridized carbons (Fsp3) is 0.125. The molecule has 0 fully saturated rings. The molecule has 0 saturated heterocycles. The van der Waals surface area contributed by atoms with Gasteiger partial charge in [-0.2, -0.15) is 0 Å². The Balaban J connectivity index is 2.28. The normalized spacial score (nSPS) is 11.5. The molecular weight excluding hydrogens is 307 g/mol. The van der Waals surface area contributed by atoms with E-state index in [-0.39, 0.29) is 11.6 Å². The third-order valence-corrected chi connectivity index (χ3v) is 3.79. The van der Waals surface area contributed by atoms with Gasteiger partial charge in [0.05, 0.1) is 4.91 Å². The predicted molar refractivity (Wildman–Crippen MR) is 88.6 cm³/mol. The van der Waals surface area contributed by atoms with Crippen molar-refractivity contribution in [3.8, 4) is 11.3 Å². The van der Waals surface area contributed by atoms with Gasteiger partial charge in [0.1, 0.15) is 17.3 Å². The second-order valence-electron chi connectivity index (χ2n) is 4.37. The number of rotatable bonds is 4. The van der Waals surface area contributed by atoms with Gasteiger partial charge in [0.2, 0.25) is 0 Å². The van der Waals surface area contributed by atoms with Gasteiger partial charge >= 0.3 is 0 Å². The van der Waals surface area contributed by atoms with Crippen LogP contribution in [-0.4, -0.2) is 9.98 Å². The molecule has 2 rings (SSSR count). The molecular formula is C16H13FO2S2. The molecule has 1 heterocycles. The summed E-state index contributed by atoms with van der Waals surface area (Å²) in [5, 5.41) is 0. The van der Waals surface area contributed by atoms with Gasteiger partial charge in [0, 0.05) is 9.76 Å². The van der Waals surface area contributed by atoms with E-state index in [1.54, 1.807) is 37.3 Å². The molecule has 0 aliphatic heterocycles. The summed E-state index contributed by atoms with van der Waals surface area (Å²) >= 11 is 6.25. The minimum atomic E-state index is -0.294. The second-order valence-corrected chi connectivity index (χ2v) is 6.49. The van der Waals surface area contributed by atoms with E-state index in [1.807, 2.05) is 0 Å². The molecule has 108 valence electrons. The SMILES string of the molecule is CC(=O)/C(=C\c1ccc(-c2ccc(F)cc2)o1)SC(C)=S. The quantitative estimate of drug-likeness (QED) is 0.579. The number of allylic oxidation sites excluding steroid dienone is 1. The van der Waals surface area contributed by atoms with E-state index in [0.717, 1.165) is 5.56 Å². The number of hydrogen-bond acceptors (Lipinski definition) is 4. The summed E-state index contributed by atoms with van der Waals surface area (Å²) < 4.78 is 19.2. The van der Waals surface area contributed by atoms with Crippen LogP contribution in [-0.2, 0) is 4.79 Å². The molecule has 2 nitrogen and oxygen atoms in total. The molecule has 0 aliphatic rings. The Morgan fingerprint density at radius 3 is 2.43 bits per heavy atom. The number of carbonyl (C=O) groups is 1. The molecule has 1 aromatic carbocycles. The Morgan fingerprint density at radius 2 is 1.86 bits per heavy atom. The van der Waals surface area contributed by atoms with Gasteiger partial charge in [-0.15, -0.1) is 0 Å². The van der Waals surface area contributed by atoms with Crippen LogP contribution in [0.1, 0.15) is 19.6 Å². The number of hydrogen-bond donors (Lipinski definition) is 0. The highest BCUT2D eigenvalue weighted by Crippen LogP contribution is 2.26. The summed E-state index contributed by atoms with van der Waals surface area (Å²) in [5.41, 5.74) is 0.777. The van der Waals surface area contributed by atoms with Gasteiger partial charge in [0.15, 0.2) is 5.78 Å². The van der Waals surface area contributed by atoms with Crippen molar-refractivity contribution >= 4 is 40.0 Å². The van der Waals surface area contributed by atoms with Gasteiger partial charge in [0.25, 0.3) is 0 Å². The number of benzene rings is 1. The lowest BCUT2D eigenvalue weighted by Crippen LogP contribution is -1.94. The number of furan rings is 1. The fourth-order valence-electron chi connectivity index (χ4n) is 1.69. The molecule has 0 radical (unpaired) electrons. The third kappa shape index (κ3) is 4.37. The van der Waals surface area contributed by atoms with Gasteiger partial charge in [-0.25, -0.2) is 4.39 Å². The minimum Gasteiger partial charge on any atom is -0.457 e. The van der Waals surface area contributed by atoms with Crippen LogP contribution >= 0.6 is 24.0 Å². The number of Topliss-reactive ketones (excluding diaryl/α,β-unsaturated/α-hetero) is 1. The van der Waals surface area contributed by atoms with Gasteiger partial charge < -0.3 is 4.42 Å². The van der Waals surface area contributed by atoms with E-state index in [1.165, 1.54) is 30.8 Å². The zero-order valence-electron chi connectivity index (χ0n) is 11.6. The molecule has 0 aliphatic carbocycles. The first kappa shape index (κ1) is 15.7. The largest absolute Gasteiger partial charge is 0.457 e. The molecule has 0 atom stereocenters. The van der Waals surface area contributed by atoms with Crippen LogP contribution < -0.4 is 0 Å². The average Bonchev–Trinajstić information content (AvgIpc) is 2.87. The number of ketones is 1. The van der Waals surface area contributed by atoms with Crippen LogP contribution in [0.25, 0.3) is 17.4 Å². The summed E-state index contributed by atoms with van der Waals surface area (Å²) in [6.07, 6.45) is 1.66. The zero-order chi connectivity index (χ0) is 15.4. The Morgan fingerprint density at radius 1 is 1.19 bits per heavy atom. The Labute approximate surface area is 132 Å². The van der Waals surface area contributed by atoms with Gasteiger partial charge in [-0.3, -0.25) is 4.79 Å². The van der Waals surface area contributed by atoms with Crippen LogP contribution in [0.15, 0.2) is 45.7 Å². The molecule has 0 N–H and O–H groups in total. The van der Waals surface area contributed by atoms with E-state index in [4.69, 9.17) is 16.6 Å². The van der Waals surface area contributed by atoms with Crippen LogP contribution in [0.2, 0.25) is 0 Å². The highest BCUT2D eigenvalue weighted by Gasteiger charge is 2.09. The van der Waals surface area contributed by atoms with E-state index < -0.39 is 0 Å². The second kappa shape index (κ2) is 6.83. The van der Waals surface area contributed by atoms with Crippen molar-refractivity contribution in [3.63, 3.8) is 0 Å². The summed E-state index contributed by atoms with van der Waals surface area (Å²) in [6.45, 7) is 3.25. The van der Waals surface area contributed by atoms with Crippen LogP contribution in [0.4, 0.5) is 4.39 Å². The topological polar surface area (TPSA) is 30.2 Å². The molecule has 21 heavy (non-hydrogen) atoms. The van der Waals surface area contributed by atoms with Crippen molar-refractivity contribution in [2.45, 2.75) is 13.8 Å². The average molecular weight is 320 g/mol. The first-order valence-electron chi connectivity index (χ1n) is 6.22. The molecule has 0 amide bonds. The molecule has 1 aromatic heterocycles. The lowest BCUT2D eigenvalue weighted by atomic mass is 10.2. The lowest BCUT2D eigenvalue weighted by Gasteiger charge is -2.00.